The van der Waals surface area contributed by atoms with E-state index >= 15 is 0 Å². The number of benzene rings is 1. The molecule has 2 aliphatic heterocycles. The fourth-order valence-electron chi connectivity index (χ4n) is 6.63. The number of hydrogen-bond donors (Lipinski definition) is 0. The fraction of sp³-hybridized carbons (Fsp3) is 0.654. The zero-order valence-electron chi connectivity index (χ0n) is 19.1. The molecule has 0 unspecified atom stereocenters. The normalized spacial score (nSPS) is 35.9. The van der Waals surface area contributed by atoms with Gasteiger partial charge < -0.3 is 9.64 Å². The van der Waals surface area contributed by atoms with Gasteiger partial charge in [0.25, 0.3) is 0 Å². The molecular weight excluding hydrogens is 408 g/mol. The second-order valence-corrected chi connectivity index (χ2v) is 11.0. The lowest BCUT2D eigenvalue weighted by atomic mass is 9.59. The molecule has 31 heavy (non-hydrogen) atoms. The molecule has 3 fully saturated rings. The van der Waals surface area contributed by atoms with Crippen molar-refractivity contribution in [2.75, 3.05) is 37.6 Å². The summed E-state index contributed by atoms with van der Waals surface area (Å²) in [5.74, 6) is 0.898. The Kier molecular flexibility index (Phi) is 5.58. The van der Waals surface area contributed by atoms with Gasteiger partial charge in [-0.25, -0.2) is 0 Å². The third kappa shape index (κ3) is 3.91. The minimum Gasteiger partial charge on any atom is -0.461 e. The van der Waals surface area contributed by atoms with Crippen molar-refractivity contribution in [2.45, 2.75) is 52.6 Å². The Morgan fingerprint density at radius 1 is 1.23 bits per heavy atom. The van der Waals surface area contributed by atoms with E-state index in [0.717, 1.165) is 44.2 Å². The highest BCUT2D eigenvalue weighted by Gasteiger charge is 2.52. The highest BCUT2D eigenvalue weighted by atomic mass is 35.5. The third-order valence-electron chi connectivity index (χ3n) is 8.42. The van der Waals surface area contributed by atoms with E-state index in [1.807, 2.05) is 6.07 Å². The van der Waals surface area contributed by atoms with Gasteiger partial charge in [-0.2, -0.15) is 0 Å². The summed E-state index contributed by atoms with van der Waals surface area (Å²) in [5, 5.41) is 0.789. The smallest absolute Gasteiger partial charge is 0.311 e. The van der Waals surface area contributed by atoms with Gasteiger partial charge in [-0.1, -0.05) is 49.6 Å². The molecule has 5 heteroatoms. The molecule has 1 aromatic rings. The van der Waals surface area contributed by atoms with Gasteiger partial charge in [0.15, 0.2) is 0 Å². The number of ether oxygens (including phenoxy) is 1. The molecular formula is C26H35ClN2O2. The lowest BCUT2D eigenvalue weighted by Crippen LogP contribution is -2.49. The van der Waals surface area contributed by atoms with Crippen molar-refractivity contribution in [1.29, 1.82) is 0 Å². The Balaban J connectivity index is 1.27. The number of piperazine rings is 1. The summed E-state index contributed by atoms with van der Waals surface area (Å²) >= 11 is 6.23. The molecule has 4 nitrogen and oxygen atoms in total. The third-order valence-corrected chi connectivity index (χ3v) is 8.66. The highest BCUT2D eigenvalue weighted by Crippen LogP contribution is 2.54. The summed E-state index contributed by atoms with van der Waals surface area (Å²) in [7, 11) is 0. The first-order chi connectivity index (χ1) is 14.8. The molecule has 1 saturated carbocycles. The Labute approximate surface area is 191 Å². The Bertz CT molecular complexity index is 891. The van der Waals surface area contributed by atoms with Crippen LogP contribution < -0.4 is 4.90 Å². The molecule has 2 aliphatic carbocycles. The van der Waals surface area contributed by atoms with Crippen LogP contribution in [0.4, 0.5) is 5.69 Å². The summed E-state index contributed by atoms with van der Waals surface area (Å²) in [4.78, 5) is 17.8. The minimum atomic E-state index is -0.0179. The summed E-state index contributed by atoms with van der Waals surface area (Å²) in [5.41, 5.74) is 4.33. The molecule has 0 N–H and O–H groups in total. The number of aryl methyl sites for hydroxylation is 1. The zero-order chi connectivity index (χ0) is 21.8. The van der Waals surface area contributed by atoms with Gasteiger partial charge in [-0.3, -0.25) is 9.69 Å². The standard InChI is InChI=1S/C26H35ClN2O2/c1-17-5-4-8-26(3)15-24-20(14-22(17)26)21(25(30)31-24)16-28-9-11-29(12-10-28)23-13-19(27)7-6-18(23)2/h6-7,13-14,17,20-21,24H,4-5,8-12,15-16H2,1-3H3/t17-,20-,21+,24+,26-/m1/s1. The maximum atomic E-state index is 12.9. The van der Waals surface area contributed by atoms with Gasteiger partial charge in [-0.05, 0) is 55.2 Å². The summed E-state index contributed by atoms with van der Waals surface area (Å²) in [6, 6.07) is 6.12. The number of carbonyl (C=O) groups is 1. The highest BCUT2D eigenvalue weighted by molar-refractivity contribution is 6.30. The minimum absolute atomic E-state index is 0.0179. The molecule has 2 heterocycles. The van der Waals surface area contributed by atoms with Crippen molar-refractivity contribution >= 4 is 23.3 Å². The monoisotopic (exact) mass is 442 g/mol. The van der Waals surface area contributed by atoms with E-state index in [9.17, 15) is 4.79 Å². The topological polar surface area (TPSA) is 32.8 Å². The van der Waals surface area contributed by atoms with Gasteiger partial charge in [-0.15, -0.1) is 0 Å². The maximum absolute atomic E-state index is 12.9. The number of halogens is 1. The Morgan fingerprint density at radius 2 is 2.00 bits per heavy atom. The van der Waals surface area contributed by atoms with Gasteiger partial charge in [0, 0.05) is 49.4 Å². The number of anilines is 1. The van der Waals surface area contributed by atoms with E-state index < -0.39 is 0 Å². The van der Waals surface area contributed by atoms with Crippen molar-refractivity contribution in [3.8, 4) is 0 Å². The van der Waals surface area contributed by atoms with Gasteiger partial charge in [0.2, 0.25) is 0 Å². The van der Waals surface area contributed by atoms with Gasteiger partial charge in [0.05, 0.1) is 5.92 Å². The predicted octanol–water partition coefficient (Wildman–Crippen LogP) is 5.08. The first-order valence-electron chi connectivity index (χ1n) is 12.0. The molecule has 4 aliphatic rings. The molecule has 0 amide bonds. The van der Waals surface area contributed by atoms with Crippen LogP contribution in [-0.4, -0.2) is 49.7 Å². The van der Waals surface area contributed by atoms with Crippen molar-refractivity contribution in [3.63, 3.8) is 0 Å². The molecule has 1 aromatic carbocycles. The number of nitrogens with zero attached hydrogens (tertiary/aromatic N) is 2. The number of carbonyl (C=O) groups excluding carboxylic acids is 1. The molecule has 5 rings (SSSR count). The van der Waals surface area contributed by atoms with Crippen LogP contribution >= 0.6 is 11.6 Å². The summed E-state index contributed by atoms with van der Waals surface area (Å²) in [6.45, 7) is 11.6. The number of rotatable bonds is 3. The van der Waals surface area contributed by atoms with Gasteiger partial charge in [0.1, 0.15) is 6.10 Å². The van der Waals surface area contributed by atoms with Crippen LogP contribution in [0.3, 0.4) is 0 Å². The van der Waals surface area contributed by atoms with Crippen molar-refractivity contribution in [1.82, 2.24) is 4.90 Å². The summed E-state index contributed by atoms with van der Waals surface area (Å²) in [6.07, 6.45) is 7.37. The lowest BCUT2D eigenvalue weighted by molar-refractivity contribution is -0.145. The van der Waals surface area contributed by atoms with Crippen LogP contribution in [-0.2, 0) is 9.53 Å². The maximum Gasteiger partial charge on any atom is 0.311 e. The Hall–Kier alpha value is -1.52. The van der Waals surface area contributed by atoms with E-state index in [1.165, 1.54) is 30.5 Å². The lowest BCUT2D eigenvalue weighted by Gasteiger charge is -2.46. The van der Waals surface area contributed by atoms with Crippen LogP contribution in [0.1, 0.15) is 45.1 Å². The van der Waals surface area contributed by atoms with Crippen LogP contribution in [0.25, 0.3) is 0 Å². The predicted molar refractivity (Wildman–Crippen MR) is 126 cm³/mol. The average Bonchev–Trinajstić information content (AvgIpc) is 3.02. The second-order valence-electron chi connectivity index (χ2n) is 10.6. The van der Waals surface area contributed by atoms with Crippen LogP contribution in [0.5, 0.6) is 0 Å². The summed E-state index contributed by atoms with van der Waals surface area (Å²) < 4.78 is 5.95. The van der Waals surface area contributed by atoms with E-state index in [4.69, 9.17) is 16.3 Å². The van der Waals surface area contributed by atoms with E-state index in [2.05, 4.69) is 48.8 Å². The van der Waals surface area contributed by atoms with Crippen molar-refractivity contribution in [2.24, 2.45) is 23.2 Å². The average molecular weight is 443 g/mol. The number of hydrogen-bond acceptors (Lipinski definition) is 4. The van der Waals surface area contributed by atoms with E-state index in [0.29, 0.717) is 5.92 Å². The van der Waals surface area contributed by atoms with E-state index in [1.54, 1.807) is 5.57 Å². The van der Waals surface area contributed by atoms with Crippen LogP contribution in [0.15, 0.2) is 29.8 Å². The van der Waals surface area contributed by atoms with Crippen molar-refractivity contribution < 1.29 is 9.53 Å². The fourth-order valence-corrected chi connectivity index (χ4v) is 6.80. The Morgan fingerprint density at radius 3 is 2.77 bits per heavy atom. The second kappa shape index (κ2) is 8.12. The van der Waals surface area contributed by atoms with E-state index in [-0.39, 0.29) is 29.3 Å². The SMILES string of the molecule is Cc1ccc(Cl)cc1N1CCN(C[C@@H]2C(=O)O[C@H]3C[C@@]4(C)CCC[C@@H](C)C4=C[C@@H]32)CC1. The number of allylic oxidation sites excluding steroid dienone is 1. The van der Waals surface area contributed by atoms with Crippen LogP contribution in [0, 0.1) is 30.1 Å². The molecule has 168 valence electrons. The molecule has 2 saturated heterocycles. The largest absolute Gasteiger partial charge is 0.461 e. The molecule has 0 radical (unpaired) electrons. The zero-order valence-corrected chi connectivity index (χ0v) is 19.8. The van der Waals surface area contributed by atoms with Crippen molar-refractivity contribution in [3.05, 3.63) is 40.4 Å². The molecule has 0 spiro atoms. The van der Waals surface area contributed by atoms with Crippen LogP contribution in [0.2, 0.25) is 5.02 Å². The number of fused-ring (bicyclic) bond motifs is 2. The first-order valence-corrected chi connectivity index (χ1v) is 12.4. The molecule has 0 aromatic heterocycles. The quantitative estimate of drug-likeness (QED) is 0.482. The number of esters is 1. The molecule has 0 bridgehead atoms. The first kappa shape index (κ1) is 21.3. The molecule has 5 atom stereocenters. The van der Waals surface area contributed by atoms with Gasteiger partial charge >= 0.3 is 5.97 Å².